The van der Waals surface area contributed by atoms with Gasteiger partial charge in [-0.05, 0) is 18.2 Å². The summed E-state index contributed by atoms with van der Waals surface area (Å²) in [7, 11) is 0. The molecule has 2 aromatic rings. The lowest BCUT2D eigenvalue weighted by Crippen LogP contribution is -2.08. The molecule has 0 spiro atoms. The van der Waals surface area contributed by atoms with Crippen LogP contribution >= 0.6 is 15.9 Å². The summed E-state index contributed by atoms with van der Waals surface area (Å²) in [5, 5.41) is 0. The van der Waals surface area contributed by atoms with Crippen molar-refractivity contribution in [3.63, 3.8) is 0 Å². The number of alkyl halides is 3. The first-order valence-corrected chi connectivity index (χ1v) is 4.75. The molecule has 0 radical (unpaired) electrons. The molecule has 1 aromatic carbocycles. The Morgan fingerprint density at radius 2 is 1.87 bits per heavy atom. The van der Waals surface area contributed by atoms with E-state index in [1.807, 2.05) is 0 Å². The van der Waals surface area contributed by atoms with Gasteiger partial charge in [-0.25, -0.2) is 4.98 Å². The number of benzene rings is 1. The predicted molar refractivity (Wildman–Crippen MR) is 52.2 cm³/mol. The molecular weight excluding hydrogens is 273 g/mol. The topological polar surface area (TPSA) is 25.8 Å². The smallest absolute Gasteiger partial charge is 0.252 e. The summed E-state index contributed by atoms with van der Waals surface area (Å²) in [5.74, 6) is 0. The van der Waals surface area contributed by atoms with Crippen LogP contribution in [0.5, 0.6) is 0 Å². The number of fused-ring (bicyclic) bond motifs is 1. The van der Waals surface area contributed by atoms with Gasteiger partial charge in [0.1, 0.15) is 0 Å². The van der Waals surface area contributed by atoms with Crippen molar-refractivity contribution in [1.29, 1.82) is 0 Å². The van der Waals surface area contributed by atoms with Crippen LogP contribution in [0.15, 0.2) is 28.9 Å². The molecule has 0 atom stereocenters. The van der Waals surface area contributed by atoms with E-state index in [4.69, 9.17) is 0 Å². The highest BCUT2D eigenvalue weighted by Gasteiger charge is 2.33. The second-order valence-corrected chi connectivity index (χ2v) is 3.80. The van der Waals surface area contributed by atoms with Gasteiger partial charge in [-0.3, -0.25) is 4.98 Å². The zero-order chi connectivity index (χ0) is 11.1. The van der Waals surface area contributed by atoms with Crippen molar-refractivity contribution in [3.05, 3.63) is 34.6 Å². The Morgan fingerprint density at radius 3 is 2.53 bits per heavy atom. The maximum atomic E-state index is 12.3. The van der Waals surface area contributed by atoms with Crippen molar-refractivity contribution in [3.8, 4) is 0 Å². The van der Waals surface area contributed by atoms with E-state index in [1.54, 1.807) is 12.1 Å². The molecule has 0 bridgehead atoms. The zero-order valence-corrected chi connectivity index (χ0v) is 8.80. The Kier molecular flexibility index (Phi) is 2.38. The highest BCUT2D eigenvalue weighted by molar-refractivity contribution is 9.10. The van der Waals surface area contributed by atoms with Crippen LogP contribution in [0.1, 0.15) is 5.69 Å². The van der Waals surface area contributed by atoms with Gasteiger partial charge >= 0.3 is 6.18 Å². The Morgan fingerprint density at radius 1 is 1.13 bits per heavy atom. The first-order chi connectivity index (χ1) is 6.97. The molecule has 78 valence electrons. The Bertz CT molecular complexity index is 510. The van der Waals surface area contributed by atoms with Gasteiger partial charge < -0.3 is 0 Å². The van der Waals surface area contributed by atoms with E-state index >= 15 is 0 Å². The van der Waals surface area contributed by atoms with Gasteiger partial charge in [0.15, 0.2) is 5.69 Å². The molecule has 0 amide bonds. The zero-order valence-electron chi connectivity index (χ0n) is 7.22. The van der Waals surface area contributed by atoms with Crippen LogP contribution < -0.4 is 0 Å². The maximum absolute atomic E-state index is 12.3. The molecule has 2 nitrogen and oxygen atoms in total. The fourth-order valence-electron chi connectivity index (χ4n) is 1.12. The second-order valence-electron chi connectivity index (χ2n) is 2.89. The fraction of sp³-hybridized carbons (Fsp3) is 0.111. The van der Waals surface area contributed by atoms with Crippen LogP contribution in [0, 0.1) is 0 Å². The average molecular weight is 277 g/mol. The minimum absolute atomic E-state index is 0.221. The molecule has 1 heterocycles. The lowest BCUT2D eigenvalue weighted by Gasteiger charge is -2.05. The van der Waals surface area contributed by atoms with Crippen LogP contribution in [0.25, 0.3) is 11.0 Å². The monoisotopic (exact) mass is 276 g/mol. The van der Waals surface area contributed by atoms with Crippen LogP contribution in [-0.2, 0) is 6.18 Å². The van der Waals surface area contributed by atoms with Gasteiger partial charge in [0.25, 0.3) is 0 Å². The number of hydrogen-bond acceptors (Lipinski definition) is 2. The van der Waals surface area contributed by atoms with Crippen molar-refractivity contribution in [1.82, 2.24) is 9.97 Å². The van der Waals surface area contributed by atoms with Gasteiger partial charge in [0.2, 0.25) is 0 Å². The van der Waals surface area contributed by atoms with Crippen LogP contribution in [-0.4, -0.2) is 9.97 Å². The van der Waals surface area contributed by atoms with Crippen LogP contribution in [0.4, 0.5) is 13.2 Å². The minimum Gasteiger partial charge on any atom is -0.252 e. The SMILES string of the molecule is FC(F)(F)c1cnc2ccc(Br)cc2n1. The summed E-state index contributed by atoms with van der Waals surface area (Å²) in [6, 6.07) is 4.80. The fourth-order valence-corrected chi connectivity index (χ4v) is 1.47. The van der Waals surface area contributed by atoms with Gasteiger partial charge in [-0.1, -0.05) is 15.9 Å². The third-order valence-electron chi connectivity index (χ3n) is 1.79. The van der Waals surface area contributed by atoms with Crippen LogP contribution in [0.2, 0.25) is 0 Å². The number of rotatable bonds is 0. The summed E-state index contributed by atoms with van der Waals surface area (Å²) in [5.41, 5.74) is -0.321. The second kappa shape index (κ2) is 3.44. The molecule has 0 aliphatic carbocycles. The van der Waals surface area contributed by atoms with Crippen LogP contribution in [0.3, 0.4) is 0 Å². The third-order valence-corrected chi connectivity index (χ3v) is 2.29. The average Bonchev–Trinajstić information content (AvgIpc) is 2.15. The van der Waals surface area contributed by atoms with Gasteiger partial charge in [0.05, 0.1) is 17.2 Å². The normalized spacial score (nSPS) is 12.0. The largest absolute Gasteiger partial charge is 0.434 e. The molecule has 2 rings (SSSR count). The quantitative estimate of drug-likeness (QED) is 0.737. The van der Waals surface area contributed by atoms with Gasteiger partial charge in [-0.15, -0.1) is 0 Å². The van der Waals surface area contributed by atoms with E-state index in [0.717, 1.165) is 6.20 Å². The lowest BCUT2D eigenvalue weighted by atomic mass is 10.3. The van der Waals surface area contributed by atoms with Crippen molar-refractivity contribution >= 4 is 27.0 Å². The Hall–Kier alpha value is -1.17. The van der Waals surface area contributed by atoms with E-state index in [0.29, 0.717) is 9.99 Å². The molecule has 15 heavy (non-hydrogen) atoms. The lowest BCUT2D eigenvalue weighted by molar-refractivity contribution is -0.141. The van der Waals surface area contributed by atoms with E-state index in [1.165, 1.54) is 6.07 Å². The van der Waals surface area contributed by atoms with E-state index in [2.05, 4.69) is 25.9 Å². The minimum atomic E-state index is -4.45. The molecule has 0 aliphatic rings. The summed E-state index contributed by atoms with van der Waals surface area (Å²) in [6.07, 6.45) is -3.72. The predicted octanol–water partition coefficient (Wildman–Crippen LogP) is 3.41. The van der Waals surface area contributed by atoms with E-state index in [9.17, 15) is 13.2 Å². The van der Waals surface area contributed by atoms with Crippen molar-refractivity contribution in [2.45, 2.75) is 6.18 Å². The van der Waals surface area contributed by atoms with E-state index in [-0.39, 0.29) is 5.52 Å². The first kappa shape index (κ1) is 10.4. The summed E-state index contributed by atoms with van der Waals surface area (Å²) >= 11 is 3.16. The van der Waals surface area contributed by atoms with Crippen molar-refractivity contribution in [2.75, 3.05) is 0 Å². The Labute approximate surface area is 91.3 Å². The molecule has 0 N–H and O–H groups in total. The number of halogens is 4. The summed E-state index contributed by atoms with van der Waals surface area (Å²) in [4.78, 5) is 7.18. The maximum Gasteiger partial charge on any atom is 0.434 e. The molecule has 0 saturated heterocycles. The first-order valence-electron chi connectivity index (χ1n) is 3.96. The third kappa shape index (κ3) is 2.09. The van der Waals surface area contributed by atoms with E-state index < -0.39 is 11.9 Å². The highest BCUT2D eigenvalue weighted by Crippen LogP contribution is 2.28. The molecular formula is C9H4BrF3N2. The highest BCUT2D eigenvalue weighted by atomic mass is 79.9. The number of nitrogens with zero attached hydrogens (tertiary/aromatic N) is 2. The molecule has 6 heteroatoms. The Balaban J connectivity index is 2.64. The summed E-state index contributed by atoms with van der Waals surface area (Å²) in [6.45, 7) is 0. The molecule has 0 fully saturated rings. The van der Waals surface area contributed by atoms with Gasteiger partial charge in [0, 0.05) is 4.47 Å². The molecule has 1 aromatic heterocycles. The number of aromatic nitrogens is 2. The molecule has 0 unspecified atom stereocenters. The molecule has 0 saturated carbocycles. The van der Waals surface area contributed by atoms with Crippen molar-refractivity contribution < 1.29 is 13.2 Å². The van der Waals surface area contributed by atoms with Gasteiger partial charge in [-0.2, -0.15) is 13.2 Å². The summed E-state index contributed by atoms with van der Waals surface area (Å²) < 4.78 is 37.6. The molecule has 0 aliphatic heterocycles. The standard InChI is InChI=1S/C9H4BrF3N2/c10-5-1-2-6-7(3-5)15-8(4-14-6)9(11,12)13/h1-4H. The van der Waals surface area contributed by atoms with Crippen molar-refractivity contribution in [2.24, 2.45) is 0 Å². The number of hydrogen-bond donors (Lipinski definition) is 0.